The van der Waals surface area contributed by atoms with E-state index in [-0.39, 0.29) is 16.3 Å². The zero-order chi connectivity index (χ0) is 28.9. The van der Waals surface area contributed by atoms with Gasteiger partial charge in [0.1, 0.15) is 16.5 Å². The first-order valence-electron chi connectivity index (χ1n) is 12.3. The first-order chi connectivity index (χ1) is 18.8. The maximum absolute atomic E-state index is 13.6. The van der Waals surface area contributed by atoms with Crippen molar-refractivity contribution >= 4 is 55.1 Å². The number of benzene rings is 2. The van der Waals surface area contributed by atoms with Gasteiger partial charge in [0.2, 0.25) is 10.9 Å². The molecule has 10 nitrogen and oxygen atoms in total. The number of pyridine rings is 1. The number of nitrogens with zero attached hydrogens (tertiary/aromatic N) is 3. The maximum atomic E-state index is 13.6. The Bertz CT molecular complexity index is 2000. The topological polar surface area (TPSA) is 136 Å². The molecule has 0 aliphatic heterocycles. The molecule has 2 N–H and O–H groups in total. The molecule has 0 aliphatic rings. The van der Waals surface area contributed by atoms with E-state index in [2.05, 4.69) is 15.4 Å². The van der Waals surface area contributed by atoms with Crippen molar-refractivity contribution in [3.8, 4) is 11.3 Å². The highest BCUT2D eigenvalue weighted by atomic mass is 35.5. The van der Waals surface area contributed by atoms with Crippen LogP contribution in [-0.4, -0.2) is 29.1 Å². The van der Waals surface area contributed by atoms with E-state index in [9.17, 15) is 18.0 Å². The van der Waals surface area contributed by atoms with Gasteiger partial charge < -0.3 is 9.73 Å². The van der Waals surface area contributed by atoms with Crippen molar-refractivity contribution in [3.63, 3.8) is 0 Å². The van der Waals surface area contributed by atoms with Crippen molar-refractivity contribution in [2.24, 2.45) is 7.05 Å². The zero-order valence-electron chi connectivity index (χ0n) is 22.4. The molecule has 12 heteroatoms. The van der Waals surface area contributed by atoms with Gasteiger partial charge in [0.15, 0.2) is 5.43 Å². The Labute approximate surface area is 235 Å². The van der Waals surface area contributed by atoms with Crippen molar-refractivity contribution in [3.05, 3.63) is 80.7 Å². The maximum Gasteiger partial charge on any atom is 0.283 e. The molecule has 2 aromatic carbocycles. The van der Waals surface area contributed by atoms with Crippen molar-refractivity contribution in [2.45, 2.75) is 38.8 Å². The number of halogens is 1. The van der Waals surface area contributed by atoms with Gasteiger partial charge >= 0.3 is 0 Å². The van der Waals surface area contributed by atoms with Crippen LogP contribution in [0, 0.1) is 13.8 Å². The number of sulfonamides is 1. The van der Waals surface area contributed by atoms with E-state index >= 15 is 0 Å². The van der Waals surface area contributed by atoms with Gasteiger partial charge in [-0.25, -0.2) is 9.71 Å². The number of nitrogens with one attached hydrogen (secondary N) is 2. The summed E-state index contributed by atoms with van der Waals surface area (Å²) in [4.78, 5) is 29.0. The molecule has 1 amide bonds. The molecule has 40 heavy (non-hydrogen) atoms. The van der Waals surface area contributed by atoms with Gasteiger partial charge in [-0.3, -0.25) is 14.3 Å². The highest BCUT2D eigenvalue weighted by Crippen LogP contribution is 2.34. The SMILES string of the molecule is CC(=O)NS(=O)(=O)c1nc(Cl)ccc1NC(C)c1cc(C)cc2c(=O)c(C)c(-c3ccc4nn(C)cc4c3)oc12. The molecule has 206 valence electrons. The second-order valence-corrected chi connectivity index (χ2v) is 11.7. The number of hydrogen-bond donors (Lipinski definition) is 2. The van der Waals surface area contributed by atoms with E-state index in [1.807, 2.05) is 49.2 Å². The molecule has 3 heterocycles. The minimum Gasteiger partial charge on any atom is -0.455 e. The van der Waals surface area contributed by atoms with E-state index in [0.717, 1.165) is 29.0 Å². The molecule has 0 saturated heterocycles. The predicted molar refractivity (Wildman–Crippen MR) is 154 cm³/mol. The number of anilines is 1. The summed E-state index contributed by atoms with van der Waals surface area (Å²) in [5, 5.41) is 8.39. The van der Waals surface area contributed by atoms with E-state index in [1.165, 1.54) is 12.1 Å². The Kier molecular flexibility index (Phi) is 6.89. The minimum absolute atomic E-state index is 0.0557. The molecule has 0 saturated carbocycles. The van der Waals surface area contributed by atoms with E-state index < -0.39 is 27.0 Å². The monoisotopic (exact) mass is 579 g/mol. The van der Waals surface area contributed by atoms with E-state index in [0.29, 0.717) is 27.9 Å². The summed E-state index contributed by atoms with van der Waals surface area (Å²) in [5.41, 5.74) is 3.81. The van der Waals surface area contributed by atoms with Crippen LogP contribution in [0.1, 0.15) is 36.6 Å². The number of rotatable bonds is 6. The largest absolute Gasteiger partial charge is 0.455 e. The van der Waals surface area contributed by atoms with E-state index in [4.69, 9.17) is 16.0 Å². The number of aromatic nitrogens is 3. The molecule has 1 unspecified atom stereocenters. The average Bonchev–Trinajstić information content (AvgIpc) is 3.25. The second-order valence-electron chi connectivity index (χ2n) is 9.71. The molecule has 5 aromatic rings. The zero-order valence-corrected chi connectivity index (χ0v) is 23.9. The average molecular weight is 580 g/mol. The van der Waals surface area contributed by atoms with Crippen molar-refractivity contribution in [1.29, 1.82) is 0 Å². The van der Waals surface area contributed by atoms with Crippen molar-refractivity contribution in [1.82, 2.24) is 19.5 Å². The number of amides is 1. The molecule has 0 fully saturated rings. The Balaban J connectivity index is 1.65. The fourth-order valence-corrected chi connectivity index (χ4v) is 6.04. The fourth-order valence-electron chi connectivity index (χ4n) is 4.74. The van der Waals surface area contributed by atoms with Gasteiger partial charge in [0.05, 0.1) is 22.6 Å². The van der Waals surface area contributed by atoms with Crippen molar-refractivity contribution in [2.75, 3.05) is 5.32 Å². The van der Waals surface area contributed by atoms with Crippen LogP contribution in [0.4, 0.5) is 5.69 Å². The van der Waals surface area contributed by atoms with Crippen LogP contribution in [0.2, 0.25) is 5.15 Å². The molecule has 0 aliphatic carbocycles. The van der Waals surface area contributed by atoms with Crippen LogP contribution < -0.4 is 15.5 Å². The van der Waals surface area contributed by atoms with Gasteiger partial charge in [-0.15, -0.1) is 0 Å². The van der Waals surface area contributed by atoms with Crippen LogP contribution in [-0.2, 0) is 21.9 Å². The molecule has 1 atom stereocenters. The lowest BCUT2D eigenvalue weighted by Gasteiger charge is -2.20. The Hall–Kier alpha value is -4.22. The summed E-state index contributed by atoms with van der Waals surface area (Å²) >= 11 is 5.99. The molecule has 0 bridgehead atoms. The van der Waals surface area contributed by atoms with Gasteiger partial charge in [-0.05, 0) is 62.7 Å². The van der Waals surface area contributed by atoms with Crippen LogP contribution in [0.5, 0.6) is 0 Å². The smallest absolute Gasteiger partial charge is 0.283 e. The quantitative estimate of drug-likeness (QED) is 0.268. The Morgan fingerprint density at radius 3 is 2.60 bits per heavy atom. The summed E-state index contributed by atoms with van der Waals surface area (Å²) in [6, 6.07) is 11.7. The molecular weight excluding hydrogens is 554 g/mol. The Morgan fingerprint density at radius 2 is 1.88 bits per heavy atom. The first kappa shape index (κ1) is 27.4. The fraction of sp³-hybridized carbons (Fsp3) is 0.214. The van der Waals surface area contributed by atoms with Gasteiger partial charge in [-0.2, -0.15) is 13.5 Å². The lowest BCUT2D eigenvalue weighted by molar-refractivity contribution is -0.117. The normalized spacial score (nSPS) is 12.6. The summed E-state index contributed by atoms with van der Waals surface area (Å²) in [6.07, 6.45) is 1.89. The molecule has 3 aromatic heterocycles. The number of fused-ring (bicyclic) bond motifs is 2. The molecule has 0 spiro atoms. The summed E-state index contributed by atoms with van der Waals surface area (Å²) in [7, 11) is -2.46. The lowest BCUT2D eigenvalue weighted by Crippen LogP contribution is -2.29. The number of hydrogen-bond acceptors (Lipinski definition) is 8. The lowest BCUT2D eigenvalue weighted by atomic mass is 9.98. The van der Waals surface area contributed by atoms with Crippen LogP contribution in [0.15, 0.2) is 62.9 Å². The van der Waals surface area contributed by atoms with Crippen LogP contribution in [0.25, 0.3) is 33.2 Å². The standard InChI is InChI=1S/C28H26ClN5O5S/c1-14-10-20(16(3)30-23-8-9-24(29)31-28(23)40(37,38)33-17(4)35)27-21(11-14)25(36)15(2)26(39-27)18-6-7-22-19(12-18)13-34(5)32-22/h6-13,16,30H,1-5H3,(H,33,35). The van der Waals surface area contributed by atoms with Crippen LogP contribution in [0.3, 0.4) is 0 Å². The van der Waals surface area contributed by atoms with Gasteiger partial charge in [0, 0.05) is 42.2 Å². The molecular formula is C28H26ClN5O5S. The third-order valence-electron chi connectivity index (χ3n) is 6.47. The second kappa shape index (κ2) is 10.1. The minimum atomic E-state index is -4.30. The summed E-state index contributed by atoms with van der Waals surface area (Å²) in [6.45, 7) is 6.49. The highest BCUT2D eigenvalue weighted by Gasteiger charge is 2.25. The molecule has 0 radical (unpaired) electrons. The van der Waals surface area contributed by atoms with Crippen molar-refractivity contribution < 1.29 is 17.6 Å². The predicted octanol–water partition coefficient (Wildman–Crippen LogP) is 5.01. The number of carbonyl (C=O) groups excluding carboxylic acids is 1. The van der Waals surface area contributed by atoms with E-state index in [1.54, 1.807) is 24.6 Å². The number of aryl methyl sites for hydroxylation is 2. The third-order valence-corrected chi connectivity index (χ3v) is 8.06. The molecule has 5 rings (SSSR count). The Morgan fingerprint density at radius 1 is 1.12 bits per heavy atom. The third kappa shape index (κ3) is 5.05. The van der Waals surface area contributed by atoms with Gasteiger partial charge in [0.25, 0.3) is 10.0 Å². The summed E-state index contributed by atoms with van der Waals surface area (Å²) in [5.74, 6) is -0.331. The van der Waals surface area contributed by atoms with Gasteiger partial charge in [-0.1, -0.05) is 17.7 Å². The summed E-state index contributed by atoms with van der Waals surface area (Å²) < 4.78 is 35.7. The van der Waals surface area contributed by atoms with Crippen LogP contribution >= 0.6 is 11.6 Å². The first-order valence-corrected chi connectivity index (χ1v) is 14.2. The highest BCUT2D eigenvalue weighted by molar-refractivity contribution is 7.90. The number of carbonyl (C=O) groups is 1.